The van der Waals surface area contributed by atoms with E-state index in [0.717, 1.165) is 10.2 Å². The molecule has 0 aromatic carbocycles. The highest BCUT2D eigenvalue weighted by atomic mass is 79.9. The number of alkyl halides is 3. The minimum atomic E-state index is -4.13. The zero-order valence-corrected chi connectivity index (χ0v) is 12.0. The van der Waals surface area contributed by atoms with E-state index in [-0.39, 0.29) is 12.5 Å². The van der Waals surface area contributed by atoms with Crippen LogP contribution >= 0.6 is 15.9 Å². The zero-order chi connectivity index (χ0) is 13.8. The summed E-state index contributed by atoms with van der Waals surface area (Å²) in [5.41, 5.74) is 0.781. The van der Waals surface area contributed by atoms with Crippen molar-refractivity contribution in [1.82, 2.24) is 15.1 Å². The lowest BCUT2D eigenvalue weighted by Gasteiger charge is -2.20. The molecule has 0 saturated carbocycles. The van der Waals surface area contributed by atoms with Gasteiger partial charge in [-0.15, -0.1) is 0 Å². The molecule has 7 heteroatoms. The van der Waals surface area contributed by atoms with Crippen LogP contribution in [-0.2, 0) is 6.54 Å². The van der Waals surface area contributed by atoms with Crippen LogP contribution in [0.3, 0.4) is 0 Å². The van der Waals surface area contributed by atoms with Gasteiger partial charge < -0.3 is 5.32 Å². The molecule has 0 spiro atoms. The molecular weight excluding hydrogens is 311 g/mol. The third kappa shape index (κ3) is 4.28. The summed E-state index contributed by atoms with van der Waals surface area (Å²) in [6.45, 7) is 5.04. The van der Waals surface area contributed by atoms with Gasteiger partial charge in [-0.1, -0.05) is 6.92 Å². The Morgan fingerprint density at radius 3 is 2.61 bits per heavy atom. The molecule has 104 valence electrons. The summed E-state index contributed by atoms with van der Waals surface area (Å²) >= 11 is 3.34. The average Bonchev–Trinajstić information content (AvgIpc) is 2.64. The minimum Gasteiger partial charge on any atom is -0.309 e. The fraction of sp³-hybridized carbons (Fsp3) is 0.727. The molecule has 1 heterocycles. The second-order valence-electron chi connectivity index (χ2n) is 3.96. The first-order valence-electron chi connectivity index (χ1n) is 5.90. The largest absolute Gasteiger partial charge is 0.389 e. The van der Waals surface area contributed by atoms with Crippen molar-refractivity contribution in [2.45, 2.75) is 45.5 Å². The van der Waals surface area contributed by atoms with E-state index < -0.39 is 12.6 Å². The van der Waals surface area contributed by atoms with Gasteiger partial charge in [-0.3, -0.25) is 4.68 Å². The maximum absolute atomic E-state index is 12.3. The monoisotopic (exact) mass is 327 g/mol. The summed E-state index contributed by atoms with van der Waals surface area (Å²) in [5.74, 6) is 0. The normalized spacial score (nSPS) is 13.9. The summed E-state index contributed by atoms with van der Waals surface area (Å²) in [5, 5.41) is 7.21. The fourth-order valence-electron chi connectivity index (χ4n) is 1.86. The van der Waals surface area contributed by atoms with Crippen LogP contribution in [0.1, 0.15) is 38.4 Å². The highest BCUT2D eigenvalue weighted by Gasteiger charge is 2.30. The minimum absolute atomic E-state index is 0.0155. The van der Waals surface area contributed by atoms with Crippen LogP contribution < -0.4 is 5.32 Å². The van der Waals surface area contributed by atoms with Crippen molar-refractivity contribution in [3.8, 4) is 0 Å². The van der Waals surface area contributed by atoms with Crippen LogP contribution in [-0.4, -0.2) is 22.5 Å². The maximum atomic E-state index is 12.3. The Morgan fingerprint density at radius 2 is 2.11 bits per heavy atom. The Bertz CT molecular complexity index is 376. The third-order valence-electron chi connectivity index (χ3n) is 2.63. The third-order valence-corrected chi connectivity index (χ3v) is 3.24. The quantitative estimate of drug-likeness (QED) is 0.864. The molecule has 0 aliphatic heterocycles. The fourth-order valence-corrected chi connectivity index (χ4v) is 2.43. The van der Waals surface area contributed by atoms with Gasteiger partial charge in [0.2, 0.25) is 0 Å². The van der Waals surface area contributed by atoms with Gasteiger partial charge in [0.1, 0.15) is 0 Å². The molecular formula is C11H17BrF3N3. The van der Waals surface area contributed by atoms with E-state index >= 15 is 0 Å². The van der Waals surface area contributed by atoms with Gasteiger partial charge in [0.25, 0.3) is 0 Å². The Labute approximate surface area is 113 Å². The van der Waals surface area contributed by atoms with Crippen molar-refractivity contribution >= 4 is 15.9 Å². The molecule has 1 atom stereocenters. The topological polar surface area (TPSA) is 29.9 Å². The number of rotatable bonds is 6. The maximum Gasteiger partial charge on any atom is 0.389 e. The summed E-state index contributed by atoms with van der Waals surface area (Å²) in [4.78, 5) is 0. The lowest BCUT2D eigenvalue weighted by molar-refractivity contribution is -0.136. The van der Waals surface area contributed by atoms with Gasteiger partial charge in [-0.25, -0.2) is 0 Å². The number of nitrogens with one attached hydrogen (secondary N) is 1. The van der Waals surface area contributed by atoms with Gasteiger partial charge in [-0.05, 0) is 35.8 Å². The molecule has 1 aromatic rings. The van der Waals surface area contributed by atoms with Crippen LogP contribution in [0.4, 0.5) is 13.2 Å². The van der Waals surface area contributed by atoms with Crippen molar-refractivity contribution < 1.29 is 13.2 Å². The van der Waals surface area contributed by atoms with Gasteiger partial charge in [0.15, 0.2) is 0 Å². The lowest BCUT2D eigenvalue weighted by Crippen LogP contribution is -2.26. The van der Waals surface area contributed by atoms with E-state index in [9.17, 15) is 13.2 Å². The smallest absolute Gasteiger partial charge is 0.309 e. The van der Waals surface area contributed by atoms with Crippen molar-refractivity contribution in [1.29, 1.82) is 0 Å². The molecule has 0 saturated heterocycles. The molecule has 1 N–H and O–H groups in total. The number of halogens is 4. The van der Waals surface area contributed by atoms with Crippen LogP contribution in [0.15, 0.2) is 10.7 Å². The summed E-state index contributed by atoms with van der Waals surface area (Å²) in [7, 11) is 0. The number of aryl methyl sites for hydroxylation is 1. The molecule has 3 nitrogen and oxygen atoms in total. The Morgan fingerprint density at radius 1 is 1.44 bits per heavy atom. The van der Waals surface area contributed by atoms with Crippen molar-refractivity contribution in [2.24, 2.45) is 0 Å². The van der Waals surface area contributed by atoms with Gasteiger partial charge in [0.05, 0.1) is 22.4 Å². The van der Waals surface area contributed by atoms with Crippen LogP contribution in [0.5, 0.6) is 0 Å². The van der Waals surface area contributed by atoms with Crippen molar-refractivity contribution in [3.63, 3.8) is 0 Å². The number of aromatic nitrogens is 2. The molecule has 0 aliphatic carbocycles. The first-order valence-corrected chi connectivity index (χ1v) is 6.69. The standard InChI is InChI=1S/C11H17BrF3N3/c1-3-16-9(5-6-11(13,14)15)10-8(12)7-17-18(10)4-2/h7,9,16H,3-6H2,1-2H3. The predicted octanol–water partition coefficient (Wildman–Crippen LogP) is 3.66. The van der Waals surface area contributed by atoms with Crippen molar-refractivity contribution in [3.05, 3.63) is 16.4 Å². The number of hydrogen-bond donors (Lipinski definition) is 1. The van der Waals surface area contributed by atoms with E-state index in [1.165, 1.54) is 0 Å². The summed E-state index contributed by atoms with van der Waals surface area (Å²) in [6.07, 6.45) is -3.29. The first-order chi connectivity index (χ1) is 8.39. The molecule has 0 amide bonds. The van der Waals surface area contributed by atoms with E-state index in [1.807, 2.05) is 13.8 Å². The van der Waals surface area contributed by atoms with Crippen molar-refractivity contribution in [2.75, 3.05) is 6.54 Å². The molecule has 0 fully saturated rings. The lowest BCUT2D eigenvalue weighted by atomic mass is 10.1. The summed E-state index contributed by atoms with van der Waals surface area (Å²) in [6, 6.07) is -0.339. The van der Waals surface area contributed by atoms with E-state index in [1.54, 1.807) is 10.9 Å². The zero-order valence-electron chi connectivity index (χ0n) is 10.4. The van der Waals surface area contributed by atoms with Gasteiger partial charge in [-0.2, -0.15) is 18.3 Å². The van der Waals surface area contributed by atoms with Crippen LogP contribution in [0.2, 0.25) is 0 Å². The Kier molecular flexibility index (Phi) is 5.65. The SMILES string of the molecule is CCNC(CCC(F)(F)F)c1c(Br)cnn1CC. The van der Waals surface area contributed by atoms with E-state index in [0.29, 0.717) is 13.1 Å². The second-order valence-corrected chi connectivity index (χ2v) is 4.81. The summed E-state index contributed by atoms with van der Waals surface area (Å²) < 4.78 is 39.4. The first kappa shape index (κ1) is 15.5. The van der Waals surface area contributed by atoms with E-state index in [4.69, 9.17) is 0 Å². The highest BCUT2D eigenvalue weighted by Crippen LogP contribution is 2.31. The molecule has 0 aliphatic rings. The number of hydrogen-bond acceptors (Lipinski definition) is 2. The van der Waals surface area contributed by atoms with Crippen LogP contribution in [0.25, 0.3) is 0 Å². The number of nitrogens with zero attached hydrogens (tertiary/aromatic N) is 2. The van der Waals surface area contributed by atoms with Gasteiger partial charge in [0, 0.05) is 13.0 Å². The second kappa shape index (κ2) is 6.56. The molecule has 0 bridgehead atoms. The average molecular weight is 328 g/mol. The molecule has 0 radical (unpaired) electrons. The molecule has 18 heavy (non-hydrogen) atoms. The van der Waals surface area contributed by atoms with Gasteiger partial charge >= 0.3 is 6.18 Å². The predicted molar refractivity (Wildman–Crippen MR) is 67.3 cm³/mol. The highest BCUT2D eigenvalue weighted by molar-refractivity contribution is 9.10. The van der Waals surface area contributed by atoms with Crippen LogP contribution in [0, 0.1) is 0 Å². The molecule has 1 rings (SSSR count). The van der Waals surface area contributed by atoms with E-state index in [2.05, 4.69) is 26.3 Å². The Hall–Kier alpha value is -0.560. The molecule has 1 unspecified atom stereocenters. The molecule has 1 aromatic heterocycles. The Balaban J connectivity index is 2.86.